The molecular weight excluding hydrogens is 246 g/mol. The van der Waals surface area contributed by atoms with Crippen LogP contribution in [0.25, 0.3) is 0 Å². The van der Waals surface area contributed by atoms with Gasteiger partial charge in [-0.05, 0) is 33.6 Å². The van der Waals surface area contributed by atoms with E-state index in [9.17, 15) is 5.11 Å². The van der Waals surface area contributed by atoms with Crippen molar-refractivity contribution in [1.29, 1.82) is 0 Å². The lowest BCUT2D eigenvalue weighted by Crippen LogP contribution is -2.26. The van der Waals surface area contributed by atoms with Crippen molar-refractivity contribution in [1.82, 2.24) is 0 Å². The molecule has 1 aromatic carbocycles. The van der Waals surface area contributed by atoms with Crippen LogP contribution in [0.1, 0.15) is 19.4 Å². The van der Waals surface area contributed by atoms with Gasteiger partial charge in [-0.2, -0.15) is 0 Å². The van der Waals surface area contributed by atoms with Crippen LogP contribution in [0, 0.1) is 0 Å². The predicted octanol–water partition coefficient (Wildman–Crippen LogP) is 2.32. The highest BCUT2D eigenvalue weighted by Gasteiger charge is 2.21. The number of benzene rings is 1. The van der Waals surface area contributed by atoms with Crippen molar-refractivity contribution in [2.75, 3.05) is 6.61 Å². The van der Waals surface area contributed by atoms with E-state index in [1.165, 1.54) is 0 Å². The molecule has 1 rings (SSSR count). The average Bonchev–Trinajstić information content (AvgIpc) is 2.09. The first-order valence-corrected chi connectivity index (χ1v) is 5.07. The molecule has 0 bridgehead atoms. The zero-order valence-electron chi connectivity index (χ0n) is 8.25. The third-order valence-electron chi connectivity index (χ3n) is 2.17. The Bertz CT molecular complexity index is 326. The molecule has 3 N–H and O–H groups in total. The molecule has 0 radical (unpaired) electrons. The van der Waals surface area contributed by atoms with Gasteiger partial charge in [0, 0.05) is 5.41 Å². The van der Waals surface area contributed by atoms with Crippen molar-refractivity contribution < 1.29 is 9.94 Å². The first-order valence-electron chi connectivity index (χ1n) is 4.28. The highest BCUT2D eigenvalue weighted by Crippen LogP contribution is 2.30. The second-order valence-corrected chi connectivity index (χ2v) is 4.72. The lowest BCUT2D eigenvalue weighted by molar-refractivity contribution is 0.0964. The molecule has 0 spiro atoms. The molecule has 0 unspecified atom stereocenters. The lowest BCUT2D eigenvalue weighted by Gasteiger charge is -2.23. The minimum atomic E-state index is -0.162. The summed E-state index contributed by atoms with van der Waals surface area (Å²) >= 11 is 3.27. The molecule has 0 aromatic heterocycles. The van der Waals surface area contributed by atoms with Crippen LogP contribution in [-0.4, -0.2) is 11.7 Å². The van der Waals surface area contributed by atoms with E-state index in [2.05, 4.69) is 20.8 Å². The van der Waals surface area contributed by atoms with Gasteiger partial charge in [0.15, 0.2) is 0 Å². The quantitative estimate of drug-likeness (QED) is 0.820. The van der Waals surface area contributed by atoms with E-state index in [0.717, 1.165) is 5.56 Å². The molecule has 0 aliphatic rings. The summed E-state index contributed by atoms with van der Waals surface area (Å²) in [6, 6.07) is 5.38. The van der Waals surface area contributed by atoms with E-state index in [1.807, 2.05) is 26.0 Å². The van der Waals surface area contributed by atoms with E-state index in [1.54, 1.807) is 6.07 Å². The van der Waals surface area contributed by atoms with Gasteiger partial charge < -0.3 is 9.94 Å². The SMILES string of the molecule is CC(C)(CON)c1ccc(O)c(Br)c1. The number of nitrogens with two attached hydrogens (primary N) is 1. The summed E-state index contributed by atoms with van der Waals surface area (Å²) in [7, 11) is 0. The van der Waals surface area contributed by atoms with Gasteiger partial charge in [0.25, 0.3) is 0 Å². The number of phenolic OH excluding ortho intramolecular Hbond substituents is 1. The molecule has 3 nitrogen and oxygen atoms in total. The minimum absolute atomic E-state index is 0.162. The molecule has 14 heavy (non-hydrogen) atoms. The Kier molecular flexibility index (Phi) is 3.53. The number of halogens is 1. The van der Waals surface area contributed by atoms with E-state index in [-0.39, 0.29) is 11.2 Å². The summed E-state index contributed by atoms with van der Waals surface area (Å²) in [6.07, 6.45) is 0. The molecule has 0 heterocycles. The third kappa shape index (κ3) is 2.47. The third-order valence-corrected chi connectivity index (χ3v) is 2.81. The van der Waals surface area contributed by atoms with Crippen molar-refractivity contribution in [2.24, 2.45) is 5.90 Å². The Morgan fingerprint density at radius 2 is 2.14 bits per heavy atom. The zero-order valence-corrected chi connectivity index (χ0v) is 9.84. The second-order valence-electron chi connectivity index (χ2n) is 3.86. The maximum absolute atomic E-state index is 9.34. The van der Waals surface area contributed by atoms with Gasteiger partial charge in [-0.3, -0.25) is 0 Å². The Hall–Kier alpha value is -0.580. The summed E-state index contributed by atoms with van der Waals surface area (Å²) in [4.78, 5) is 4.65. The van der Waals surface area contributed by atoms with Crippen LogP contribution < -0.4 is 5.90 Å². The monoisotopic (exact) mass is 259 g/mol. The van der Waals surface area contributed by atoms with Crippen molar-refractivity contribution in [2.45, 2.75) is 19.3 Å². The molecule has 0 aliphatic carbocycles. The number of rotatable bonds is 3. The van der Waals surface area contributed by atoms with Gasteiger partial charge in [0.05, 0.1) is 11.1 Å². The van der Waals surface area contributed by atoms with Gasteiger partial charge in [-0.15, -0.1) is 0 Å². The van der Waals surface area contributed by atoms with E-state index >= 15 is 0 Å². The van der Waals surface area contributed by atoms with Crippen LogP contribution in [0.5, 0.6) is 5.75 Å². The number of phenols is 1. The molecule has 0 amide bonds. The molecule has 0 aliphatic heterocycles. The second kappa shape index (κ2) is 4.29. The van der Waals surface area contributed by atoms with Crippen LogP contribution in [-0.2, 0) is 10.3 Å². The van der Waals surface area contributed by atoms with E-state index < -0.39 is 0 Å². The smallest absolute Gasteiger partial charge is 0.129 e. The fourth-order valence-electron chi connectivity index (χ4n) is 1.22. The van der Waals surface area contributed by atoms with Gasteiger partial charge >= 0.3 is 0 Å². The molecule has 0 saturated heterocycles. The van der Waals surface area contributed by atoms with Crippen molar-refractivity contribution in [3.05, 3.63) is 28.2 Å². The zero-order chi connectivity index (χ0) is 10.8. The van der Waals surface area contributed by atoms with Gasteiger partial charge in [-0.1, -0.05) is 19.9 Å². The first kappa shape index (κ1) is 11.5. The molecule has 0 atom stereocenters. The van der Waals surface area contributed by atoms with Gasteiger partial charge in [0.2, 0.25) is 0 Å². The van der Waals surface area contributed by atoms with E-state index in [0.29, 0.717) is 11.1 Å². The highest BCUT2D eigenvalue weighted by atomic mass is 79.9. The van der Waals surface area contributed by atoms with Crippen LogP contribution in [0.15, 0.2) is 22.7 Å². The molecule has 0 fully saturated rings. The molecule has 1 aromatic rings. The van der Waals surface area contributed by atoms with Crippen molar-refractivity contribution in [3.8, 4) is 5.75 Å². The fourth-order valence-corrected chi connectivity index (χ4v) is 1.60. The average molecular weight is 260 g/mol. The summed E-state index contributed by atoms with van der Waals surface area (Å²) in [5.74, 6) is 5.29. The molecular formula is C10H14BrNO2. The van der Waals surface area contributed by atoms with Crippen LogP contribution in [0.3, 0.4) is 0 Å². The number of aromatic hydroxyl groups is 1. The van der Waals surface area contributed by atoms with Crippen LogP contribution >= 0.6 is 15.9 Å². The molecule has 0 saturated carbocycles. The maximum Gasteiger partial charge on any atom is 0.129 e. The van der Waals surface area contributed by atoms with Gasteiger partial charge in [0.1, 0.15) is 5.75 Å². The highest BCUT2D eigenvalue weighted by molar-refractivity contribution is 9.10. The minimum Gasteiger partial charge on any atom is -0.507 e. The summed E-state index contributed by atoms with van der Waals surface area (Å²) in [5, 5.41) is 9.34. The van der Waals surface area contributed by atoms with Crippen molar-refractivity contribution >= 4 is 15.9 Å². The molecule has 4 heteroatoms. The standard InChI is InChI=1S/C10H14BrNO2/c1-10(2,6-14-12)7-3-4-9(13)8(11)5-7/h3-5,13H,6,12H2,1-2H3. The van der Waals surface area contributed by atoms with Crippen LogP contribution in [0.4, 0.5) is 0 Å². The fraction of sp³-hybridized carbons (Fsp3) is 0.400. The number of hydrogen-bond donors (Lipinski definition) is 2. The van der Waals surface area contributed by atoms with Crippen LogP contribution in [0.2, 0.25) is 0 Å². The Morgan fingerprint density at radius 1 is 1.50 bits per heavy atom. The Balaban J connectivity index is 3.01. The Morgan fingerprint density at radius 3 is 2.64 bits per heavy atom. The van der Waals surface area contributed by atoms with E-state index in [4.69, 9.17) is 5.90 Å². The topological polar surface area (TPSA) is 55.5 Å². The van der Waals surface area contributed by atoms with Gasteiger partial charge in [-0.25, -0.2) is 5.90 Å². The largest absolute Gasteiger partial charge is 0.507 e. The normalized spacial score (nSPS) is 11.7. The van der Waals surface area contributed by atoms with Crippen molar-refractivity contribution in [3.63, 3.8) is 0 Å². The summed E-state index contributed by atoms with van der Waals surface area (Å²) in [5.41, 5.74) is 0.901. The Labute approximate surface area is 92.0 Å². The maximum atomic E-state index is 9.34. The number of hydrogen-bond acceptors (Lipinski definition) is 3. The summed E-state index contributed by atoms with van der Waals surface area (Å²) < 4.78 is 0.681. The lowest BCUT2D eigenvalue weighted by atomic mass is 9.86. The first-order chi connectivity index (χ1) is 6.47. The molecule has 78 valence electrons. The predicted molar refractivity (Wildman–Crippen MR) is 59.0 cm³/mol. The summed E-state index contributed by atoms with van der Waals surface area (Å²) in [6.45, 7) is 4.49.